The summed E-state index contributed by atoms with van der Waals surface area (Å²) in [6.45, 7) is 4.57. The number of carbonyl (C=O) groups is 1. The number of carbonyl (C=O) groups excluding carboxylic acids is 1. The minimum absolute atomic E-state index is 0.125. The van der Waals surface area contributed by atoms with E-state index in [4.69, 9.17) is 9.72 Å². The van der Waals surface area contributed by atoms with E-state index in [0.29, 0.717) is 32.7 Å². The van der Waals surface area contributed by atoms with Crippen LogP contribution in [0.3, 0.4) is 0 Å². The van der Waals surface area contributed by atoms with E-state index in [-0.39, 0.29) is 12.0 Å². The molecule has 0 bridgehead atoms. The topological polar surface area (TPSA) is 81.5 Å². The number of fused-ring (bicyclic) bond motifs is 1. The van der Waals surface area contributed by atoms with Crippen molar-refractivity contribution in [2.24, 2.45) is 0 Å². The Kier molecular flexibility index (Phi) is 6.56. The Morgan fingerprint density at radius 2 is 1.91 bits per heavy atom. The number of rotatable bonds is 6. The zero-order valence-corrected chi connectivity index (χ0v) is 19.1. The Hall–Kier alpha value is -2.95. The molecule has 1 atom stereocenters. The lowest BCUT2D eigenvalue weighted by atomic mass is 9.98. The van der Waals surface area contributed by atoms with Gasteiger partial charge in [-0.05, 0) is 43.2 Å². The smallest absolute Gasteiger partial charge is 0.236 e. The average molecular weight is 446 g/mol. The number of ether oxygens (including phenoxy) is 1. The van der Waals surface area contributed by atoms with Crippen molar-refractivity contribution in [3.63, 3.8) is 0 Å². The highest BCUT2D eigenvalue weighted by Crippen LogP contribution is 2.37. The van der Waals surface area contributed by atoms with E-state index in [1.165, 1.54) is 5.56 Å². The van der Waals surface area contributed by atoms with Gasteiger partial charge in [-0.3, -0.25) is 4.79 Å². The Bertz CT molecular complexity index is 1030. The molecule has 2 saturated heterocycles. The number of pyridine rings is 1. The van der Waals surface area contributed by atoms with Crippen molar-refractivity contribution in [1.82, 2.24) is 15.2 Å². The van der Waals surface area contributed by atoms with Crippen LogP contribution in [0.5, 0.6) is 0 Å². The summed E-state index contributed by atoms with van der Waals surface area (Å²) in [4.78, 5) is 21.8. The van der Waals surface area contributed by atoms with Crippen molar-refractivity contribution < 1.29 is 9.53 Å². The van der Waals surface area contributed by atoms with Gasteiger partial charge in [0.25, 0.3) is 0 Å². The van der Waals surface area contributed by atoms with Crippen LogP contribution >= 0.6 is 0 Å². The maximum atomic E-state index is 12.7. The molecular weight excluding hydrogens is 414 g/mol. The van der Waals surface area contributed by atoms with Gasteiger partial charge < -0.3 is 19.9 Å². The molecule has 3 heterocycles. The number of anilines is 1. The molecule has 0 radical (unpaired) electrons. The third-order valence-electron chi connectivity index (χ3n) is 7.01. The van der Waals surface area contributed by atoms with Gasteiger partial charge in [0, 0.05) is 44.9 Å². The van der Waals surface area contributed by atoms with Crippen LogP contribution in [-0.2, 0) is 22.4 Å². The van der Waals surface area contributed by atoms with E-state index in [0.717, 1.165) is 73.5 Å². The van der Waals surface area contributed by atoms with Crippen molar-refractivity contribution in [3.05, 3.63) is 47.0 Å². The number of amides is 1. The monoisotopic (exact) mass is 445 g/mol. The molecule has 2 aromatic rings. The van der Waals surface area contributed by atoms with Crippen LogP contribution in [0.15, 0.2) is 30.3 Å². The van der Waals surface area contributed by atoms with Gasteiger partial charge in [0.15, 0.2) is 0 Å². The lowest BCUT2D eigenvalue weighted by Gasteiger charge is -2.36. The molecule has 1 aliphatic carbocycles. The number of hydrogen-bond donors (Lipinski definition) is 1. The van der Waals surface area contributed by atoms with E-state index in [9.17, 15) is 10.1 Å². The summed E-state index contributed by atoms with van der Waals surface area (Å²) in [6.07, 6.45) is 5.39. The first-order valence-corrected chi connectivity index (χ1v) is 12.1. The van der Waals surface area contributed by atoms with E-state index in [1.807, 2.05) is 23.1 Å². The van der Waals surface area contributed by atoms with E-state index in [1.54, 1.807) is 0 Å². The number of nitrogens with one attached hydrogen (secondary N) is 1. The van der Waals surface area contributed by atoms with Crippen molar-refractivity contribution in [2.75, 3.05) is 50.8 Å². The first-order chi connectivity index (χ1) is 16.2. The summed E-state index contributed by atoms with van der Waals surface area (Å²) in [6, 6.07) is 12.7. The molecule has 1 aromatic carbocycles. The molecule has 7 nitrogen and oxygen atoms in total. The largest absolute Gasteiger partial charge is 0.377 e. The van der Waals surface area contributed by atoms with Crippen LogP contribution in [0.2, 0.25) is 0 Å². The van der Waals surface area contributed by atoms with Gasteiger partial charge in [-0.1, -0.05) is 30.3 Å². The van der Waals surface area contributed by atoms with Gasteiger partial charge in [-0.25, -0.2) is 4.98 Å². The lowest BCUT2D eigenvalue weighted by Crippen LogP contribution is -2.51. The highest BCUT2D eigenvalue weighted by Gasteiger charge is 2.29. The van der Waals surface area contributed by atoms with E-state index >= 15 is 0 Å². The predicted octanol–water partition coefficient (Wildman–Crippen LogP) is 2.53. The lowest BCUT2D eigenvalue weighted by molar-refractivity contribution is -0.130. The Labute approximate surface area is 195 Å². The van der Waals surface area contributed by atoms with Gasteiger partial charge in [0.05, 0.1) is 23.9 Å². The normalized spacial score (nSPS) is 20.0. The molecule has 2 fully saturated rings. The fourth-order valence-corrected chi connectivity index (χ4v) is 5.25. The zero-order chi connectivity index (χ0) is 22.6. The molecule has 7 heteroatoms. The average Bonchev–Trinajstić information content (AvgIpc) is 3.56. The third kappa shape index (κ3) is 4.59. The summed E-state index contributed by atoms with van der Waals surface area (Å²) in [5.41, 5.74) is 5.23. The first kappa shape index (κ1) is 21.9. The Morgan fingerprint density at radius 3 is 2.64 bits per heavy atom. The van der Waals surface area contributed by atoms with Gasteiger partial charge in [0.2, 0.25) is 5.91 Å². The fraction of sp³-hybridized carbons (Fsp3) is 0.500. The molecule has 1 unspecified atom stereocenters. The van der Waals surface area contributed by atoms with Gasteiger partial charge >= 0.3 is 0 Å². The molecule has 5 rings (SSSR count). The summed E-state index contributed by atoms with van der Waals surface area (Å²) < 4.78 is 5.61. The second-order valence-electron chi connectivity index (χ2n) is 9.08. The number of aromatic nitrogens is 1. The molecule has 1 N–H and O–H groups in total. The molecule has 3 aliphatic rings. The molecule has 33 heavy (non-hydrogen) atoms. The number of nitriles is 1. The summed E-state index contributed by atoms with van der Waals surface area (Å²) in [5.74, 6) is 0.903. The van der Waals surface area contributed by atoms with Gasteiger partial charge in [0.1, 0.15) is 11.9 Å². The van der Waals surface area contributed by atoms with Crippen LogP contribution in [0.4, 0.5) is 5.82 Å². The highest BCUT2D eigenvalue weighted by atomic mass is 16.5. The summed E-state index contributed by atoms with van der Waals surface area (Å²) >= 11 is 0. The minimum Gasteiger partial charge on any atom is -0.377 e. The van der Waals surface area contributed by atoms with Gasteiger partial charge in [-0.2, -0.15) is 5.26 Å². The Morgan fingerprint density at radius 1 is 1.12 bits per heavy atom. The highest BCUT2D eigenvalue weighted by molar-refractivity contribution is 5.79. The molecule has 0 spiro atoms. The quantitative estimate of drug-likeness (QED) is 0.736. The van der Waals surface area contributed by atoms with Crippen molar-refractivity contribution in [3.8, 4) is 17.3 Å². The van der Waals surface area contributed by atoms with Crippen LogP contribution in [0.1, 0.15) is 36.0 Å². The van der Waals surface area contributed by atoms with Crippen LogP contribution in [0, 0.1) is 11.3 Å². The molecule has 1 amide bonds. The zero-order valence-electron chi connectivity index (χ0n) is 19.1. The number of nitrogens with zero attached hydrogens (tertiary/aromatic N) is 4. The minimum atomic E-state index is 0.125. The molecule has 1 aromatic heterocycles. The van der Waals surface area contributed by atoms with Crippen LogP contribution < -0.4 is 10.2 Å². The van der Waals surface area contributed by atoms with Crippen molar-refractivity contribution in [1.29, 1.82) is 5.26 Å². The van der Waals surface area contributed by atoms with Crippen LogP contribution in [0.25, 0.3) is 11.3 Å². The van der Waals surface area contributed by atoms with E-state index < -0.39 is 0 Å². The summed E-state index contributed by atoms with van der Waals surface area (Å²) in [7, 11) is 0. The van der Waals surface area contributed by atoms with Crippen molar-refractivity contribution in [2.45, 2.75) is 38.2 Å². The molecule has 172 valence electrons. The molecule has 0 saturated carbocycles. The third-order valence-corrected chi connectivity index (χ3v) is 7.01. The standard InChI is InChI=1S/C26H31N5O2/c27-16-23-21-9-4-10-22(21)25(19-6-2-1-3-7-19)29-26(23)31-13-11-30(12-14-31)24(32)18-28-17-20-8-5-15-33-20/h1-3,6-7,20,28H,4-5,8-15,17-18H2. The van der Waals surface area contributed by atoms with Gasteiger partial charge in [-0.15, -0.1) is 0 Å². The maximum Gasteiger partial charge on any atom is 0.236 e. The fourth-order valence-electron chi connectivity index (χ4n) is 5.25. The first-order valence-electron chi connectivity index (χ1n) is 12.1. The Balaban J connectivity index is 1.28. The molecular formula is C26H31N5O2. The maximum absolute atomic E-state index is 12.7. The molecule has 2 aliphatic heterocycles. The SMILES string of the molecule is N#Cc1c(N2CCN(C(=O)CNCC3CCCO3)CC2)nc(-c2ccccc2)c2c1CCC2. The number of hydrogen-bond acceptors (Lipinski definition) is 6. The summed E-state index contributed by atoms with van der Waals surface area (Å²) in [5, 5.41) is 13.3. The predicted molar refractivity (Wildman–Crippen MR) is 127 cm³/mol. The number of benzene rings is 1. The second-order valence-corrected chi connectivity index (χ2v) is 9.08. The van der Waals surface area contributed by atoms with Crippen LogP contribution in [-0.4, -0.2) is 67.8 Å². The van der Waals surface area contributed by atoms with E-state index in [2.05, 4.69) is 28.4 Å². The second kappa shape index (κ2) is 9.90. The van der Waals surface area contributed by atoms with Crippen molar-refractivity contribution >= 4 is 11.7 Å². The number of piperazine rings is 1.